The number of fused-ring (bicyclic) bond motifs is 1. The molecule has 138 valence electrons. The first-order chi connectivity index (χ1) is 12.7. The minimum Gasteiger partial charge on any atom is -0.366 e. The highest BCUT2D eigenvalue weighted by atomic mass is 32.2. The van der Waals surface area contributed by atoms with Crippen molar-refractivity contribution in [3.8, 4) is 0 Å². The number of aryl methyl sites for hydroxylation is 1. The quantitative estimate of drug-likeness (QED) is 0.622. The molecule has 0 saturated heterocycles. The number of nitrogens with two attached hydrogens (primary N) is 2. The van der Waals surface area contributed by atoms with Crippen molar-refractivity contribution < 1.29 is 18.0 Å². The van der Waals surface area contributed by atoms with Gasteiger partial charge in [0.05, 0.1) is 10.6 Å². The lowest BCUT2D eigenvalue weighted by Crippen LogP contribution is -2.18. The summed E-state index contributed by atoms with van der Waals surface area (Å²) in [5.41, 5.74) is 11.4. The molecule has 0 aromatic heterocycles. The lowest BCUT2D eigenvalue weighted by atomic mass is 10.1. The van der Waals surface area contributed by atoms with Crippen molar-refractivity contribution in [3.05, 3.63) is 71.3 Å². The van der Waals surface area contributed by atoms with Crippen LogP contribution in [-0.2, 0) is 10.0 Å². The Morgan fingerprint density at radius 1 is 0.852 bits per heavy atom. The van der Waals surface area contributed by atoms with Gasteiger partial charge in [0.15, 0.2) is 0 Å². The van der Waals surface area contributed by atoms with Crippen LogP contribution in [0.4, 0.5) is 5.69 Å². The highest BCUT2D eigenvalue weighted by Crippen LogP contribution is 2.28. The Kier molecular flexibility index (Phi) is 4.59. The number of carbonyl (C=O) groups excluding carboxylic acids is 2. The van der Waals surface area contributed by atoms with Gasteiger partial charge in [-0.1, -0.05) is 30.3 Å². The lowest BCUT2D eigenvalue weighted by molar-refractivity contribution is 0.0999. The molecule has 0 aliphatic heterocycles. The summed E-state index contributed by atoms with van der Waals surface area (Å²) < 4.78 is 28.3. The Hall–Kier alpha value is -3.39. The van der Waals surface area contributed by atoms with Gasteiger partial charge in [-0.2, -0.15) is 0 Å². The normalized spacial score (nSPS) is 11.3. The summed E-state index contributed by atoms with van der Waals surface area (Å²) >= 11 is 0. The summed E-state index contributed by atoms with van der Waals surface area (Å²) in [6.07, 6.45) is 0. The molecule has 7 nitrogen and oxygen atoms in total. The van der Waals surface area contributed by atoms with Crippen molar-refractivity contribution >= 4 is 38.3 Å². The predicted octanol–water partition coefficient (Wildman–Crippen LogP) is 2.15. The fourth-order valence-corrected chi connectivity index (χ4v) is 4.09. The molecule has 0 unspecified atom stereocenters. The summed E-state index contributed by atoms with van der Waals surface area (Å²) in [6, 6.07) is 14.1. The average molecular weight is 383 g/mol. The zero-order valence-electron chi connectivity index (χ0n) is 14.4. The topological polar surface area (TPSA) is 132 Å². The molecule has 8 heteroatoms. The van der Waals surface area contributed by atoms with Gasteiger partial charge >= 0.3 is 0 Å². The van der Waals surface area contributed by atoms with E-state index >= 15 is 0 Å². The average Bonchev–Trinajstić information content (AvgIpc) is 2.61. The first-order valence-corrected chi connectivity index (χ1v) is 9.43. The molecular weight excluding hydrogens is 366 g/mol. The molecule has 0 aliphatic carbocycles. The molecular formula is C19H17N3O4S. The molecule has 3 aromatic rings. The third-order valence-electron chi connectivity index (χ3n) is 4.15. The monoisotopic (exact) mass is 383 g/mol. The summed E-state index contributed by atoms with van der Waals surface area (Å²) in [5.74, 6) is -1.61. The van der Waals surface area contributed by atoms with Crippen molar-refractivity contribution in [3.63, 3.8) is 0 Å². The van der Waals surface area contributed by atoms with Crippen LogP contribution in [0.2, 0.25) is 0 Å². The van der Waals surface area contributed by atoms with Gasteiger partial charge in [0.25, 0.3) is 10.0 Å². The number of primary amides is 2. The highest BCUT2D eigenvalue weighted by Gasteiger charge is 2.19. The SMILES string of the molecule is Cc1ccc(S(=O)(=O)Nc2cc(C(N)=O)cc(C(N)=O)c2)c2ccccc12. The Morgan fingerprint density at radius 2 is 1.41 bits per heavy atom. The number of amides is 2. The third kappa shape index (κ3) is 3.61. The van der Waals surface area contributed by atoms with Crippen LogP contribution in [0.1, 0.15) is 26.3 Å². The summed E-state index contributed by atoms with van der Waals surface area (Å²) in [4.78, 5) is 23.0. The second-order valence-electron chi connectivity index (χ2n) is 6.06. The molecule has 0 saturated carbocycles. The van der Waals surface area contributed by atoms with Gasteiger partial charge < -0.3 is 11.5 Å². The fourth-order valence-electron chi connectivity index (χ4n) is 2.84. The first kappa shape index (κ1) is 18.4. The maximum atomic E-state index is 12.9. The largest absolute Gasteiger partial charge is 0.366 e. The van der Waals surface area contributed by atoms with Crippen LogP contribution in [0.5, 0.6) is 0 Å². The van der Waals surface area contributed by atoms with E-state index in [9.17, 15) is 18.0 Å². The van der Waals surface area contributed by atoms with Crippen molar-refractivity contribution in [2.24, 2.45) is 11.5 Å². The van der Waals surface area contributed by atoms with Crippen LogP contribution in [0.3, 0.4) is 0 Å². The van der Waals surface area contributed by atoms with Gasteiger partial charge in [-0.15, -0.1) is 0 Å². The van der Waals surface area contributed by atoms with E-state index in [1.54, 1.807) is 18.2 Å². The van der Waals surface area contributed by atoms with Crippen molar-refractivity contribution in [1.29, 1.82) is 0 Å². The molecule has 0 bridgehead atoms. The fraction of sp³-hybridized carbons (Fsp3) is 0.0526. The van der Waals surface area contributed by atoms with Crippen LogP contribution in [0, 0.1) is 6.92 Å². The number of sulfonamides is 1. The van der Waals surface area contributed by atoms with Gasteiger partial charge in [-0.25, -0.2) is 8.42 Å². The van der Waals surface area contributed by atoms with Crippen molar-refractivity contribution in [1.82, 2.24) is 0 Å². The number of carbonyl (C=O) groups is 2. The molecule has 0 radical (unpaired) electrons. The van der Waals surface area contributed by atoms with E-state index < -0.39 is 21.8 Å². The van der Waals surface area contributed by atoms with Gasteiger partial charge in [-0.05, 0) is 42.1 Å². The molecule has 3 aromatic carbocycles. The Balaban J connectivity index is 2.12. The Morgan fingerprint density at radius 3 is 1.96 bits per heavy atom. The van der Waals surface area contributed by atoms with Crippen LogP contribution in [0.25, 0.3) is 10.8 Å². The van der Waals surface area contributed by atoms with Crippen LogP contribution in [0.15, 0.2) is 59.5 Å². The second-order valence-corrected chi connectivity index (χ2v) is 7.71. The van der Waals surface area contributed by atoms with E-state index in [4.69, 9.17) is 11.5 Å². The molecule has 2 amide bonds. The van der Waals surface area contributed by atoms with Gasteiger partial charge in [0.2, 0.25) is 11.8 Å². The van der Waals surface area contributed by atoms with Gasteiger partial charge in [0, 0.05) is 16.5 Å². The number of hydrogen-bond donors (Lipinski definition) is 3. The second kappa shape index (κ2) is 6.73. The molecule has 0 spiro atoms. The molecule has 5 N–H and O–H groups in total. The Labute approximate surface area is 156 Å². The highest BCUT2D eigenvalue weighted by molar-refractivity contribution is 7.93. The van der Waals surface area contributed by atoms with E-state index in [2.05, 4.69) is 4.72 Å². The van der Waals surface area contributed by atoms with Gasteiger partial charge in [-0.3, -0.25) is 14.3 Å². The lowest BCUT2D eigenvalue weighted by Gasteiger charge is -2.13. The number of anilines is 1. The van der Waals surface area contributed by atoms with E-state index in [1.807, 2.05) is 19.1 Å². The molecule has 3 rings (SSSR count). The van der Waals surface area contributed by atoms with Crippen LogP contribution in [-0.4, -0.2) is 20.2 Å². The molecule has 0 fully saturated rings. The smallest absolute Gasteiger partial charge is 0.262 e. The Bertz CT molecular complexity index is 1150. The maximum absolute atomic E-state index is 12.9. The standard InChI is InChI=1S/C19H17N3O4S/c1-11-6-7-17(16-5-3-2-4-15(11)16)27(25,26)22-14-9-12(18(20)23)8-13(10-14)19(21)24/h2-10,22H,1H3,(H2,20,23)(H2,21,24). The zero-order valence-corrected chi connectivity index (χ0v) is 15.2. The molecule has 0 atom stereocenters. The summed E-state index contributed by atoms with van der Waals surface area (Å²) in [5, 5.41) is 1.37. The number of nitrogens with one attached hydrogen (secondary N) is 1. The van der Waals surface area contributed by atoms with Crippen LogP contribution < -0.4 is 16.2 Å². The van der Waals surface area contributed by atoms with Gasteiger partial charge in [0.1, 0.15) is 0 Å². The third-order valence-corrected chi connectivity index (χ3v) is 5.59. The minimum atomic E-state index is -4.00. The summed E-state index contributed by atoms with van der Waals surface area (Å²) in [7, 11) is -4.00. The van der Waals surface area contributed by atoms with E-state index in [0.29, 0.717) is 5.39 Å². The number of benzene rings is 3. The van der Waals surface area contributed by atoms with E-state index in [1.165, 1.54) is 24.3 Å². The van der Waals surface area contributed by atoms with Crippen molar-refractivity contribution in [2.45, 2.75) is 11.8 Å². The number of rotatable bonds is 5. The minimum absolute atomic E-state index is 0.0183. The first-order valence-electron chi connectivity index (χ1n) is 7.95. The number of hydrogen-bond acceptors (Lipinski definition) is 4. The molecule has 0 aliphatic rings. The zero-order chi connectivity index (χ0) is 19.8. The predicted molar refractivity (Wildman–Crippen MR) is 103 cm³/mol. The van der Waals surface area contributed by atoms with Crippen LogP contribution >= 0.6 is 0 Å². The van der Waals surface area contributed by atoms with E-state index in [-0.39, 0.29) is 21.7 Å². The summed E-state index contributed by atoms with van der Waals surface area (Å²) in [6.45, 7) is 1.89. The molecule has 0 heterocycles. The van der Waals surface area contributed by atoms with E-state index in [0.717, 1.165) is 10.9 Å². The maximum Gasteiger partial charge on any atom is 0.262 e. The van der Waals surface area contributed by atoms with Crippen molar-refractivity contribution in [2.75, 3.05) is 4.72 Å². The molecule has 27 heavy (non-hydrogen) atoms.